The van der Waals surface area contributed by atoms with Crippen molar-refractivity contribution in [2.75, 3.05) is 20.2 Å². The number of ether oxygens (including phenoxy) is 1. The molecule has 1 amide bonds. The van der Waals surface area contributed by atoms with Crippen LogP contribution in [0.2, 0.25) is 0 Å². The van der Waals surface area contributed by atoms with Gasteiger partial charge in [-0.05, 0) is 56.0 Å². The molecule has 0 radical (unpaired) electrons. The lowest BCUT2D eigenvalue weighted by Crippen LogP contribution is -2.40. The molecule has 152 valence electrons. The number of pyridine rings is 1. The highest BCUT2D eigenvalue weighted by atomic mass is 16.5. The zero-order valence-electron chi connectivity index (χ0n) is 16.9. The van der Waals surface area contributed by atoms with Crippen LogP contribution in [0.5, 0.6) is 5.75 Å². The number of benzene rings is 1. The summed E-state index contributed by atoms with van der Waals surface area (Å²) in [5.41, 5.74) is 2.27. The summed E-state index contributed by atoms with van der Waals surface area (Å²) >= 11 is 0. The van der Waals surface area contributed by atoms with E-state index < -0.39 is 0 Å². The highest BCUT2D eigenvalue weighted by Crippen LogP contribution is 2.23. The number of amides is 1. The van der Waals surface area contributed by atoms with Crippen LogP contribution < -0.4 is 10.4 Å². The smallest absolute Gasteiger partial charge is 0.330 e. The average molecular weight is 394 g/mol. The molecule has 0 unspecified atom stereocenters. The van der Waals surface area contributed by atoms with E-state index in [4.69, 9.17) is 4.74 Å². The van der Waals surface area contributed by atoms with E-state index in [1.54, 1.807) is 28.5 Å². The summed E-state index contributed by atoms with van der Waals surface area (Å²) < 4.78 is 8.78. The Balaban J connectivity index is 1.46. The van der Waals surface area contributed by atoms with E-state index in [0.717, 1.165) is 24.0 Å². The first-order valence-electron chi connectivity index (χ1n) is 10.1. The van der Waals surface area contributed by atoms with Gasteiger partial charge >= 0.3 is 5.69 Å². The topological polar surface area (TPSA) is 69.4 Å². The summed E-state index contributed by atoms with van der Waals surface area (Å²) in [4.78, 5) is 32.0. The molecule has 2 aromatic heterocycles. The molecule has 1 aliphatic rings. The number of rotatable bonds is 5. The van der Waals surface area contributed by atoms with E-state index in [1.165, 1.54) is 0 Å². The summed E-state index contributed by atoms with van der Waals surface area (Å²) in [5.74, 6) is 1.06. The third-order valence-electron chi connectivity index (χ3n) is 5.75. The number of aryl methyl sites for hydroxylation is 1. The number of piperidine rings is 1. The van der Waals surface area contributed by atoms with Gasteiger partial charge in [0.1, 0.15) is 5.75 Å². The summed E-state index contributed by atoms with van der Waals surface area (Å²) in [6, 6.07) is 11.1. The second-order valence-electron chi connectivity index (χ2n) is 7.45. The van der Waals surface area contributed by atoms with Crippen molar-refractivity contribution < 1.29 is 9.53 Å². The maximum Gasteiger partial charge on any atom is 0.330 e. The number of methoxy groups -OCH3 is 1. The second kappa shape index (κ2) is 8.11. The van der Waals surface area contributed by atoms with Gasteiger partial charge in [-0.2, -0.15) is 0 Å². The molecule has 0 saturated carbocycles. The molecule has 0 N–H and O–H groups in total. The van der Waals surface area contributed by atoms with Crippen molar-refractivity contribution >= 4 is 17.1 Å². The third-order valence-corrected chi connectivity index (χ3v) is 5.75. The summed E-state index contributed by atoms with van der Waals surface area (Å²) in [7, 11) is 1.60. The molecule has 1 saturated heterocycles. The van der Waals surface area contributed by atoms with E-state index in [1.807, 2.05) is 42.2 Å². The first-order valence-corrected chi connectivity index (χ1v) is 10.1. The van der Waals surface area contributed by atoms with Gasteiger partial charge in [0.25, 0.3) is 5.91 Å². The minimum absolute atomic E-state index is 0.00362. The van der Waals surface area contributed by atoms with Gasteiger partial charge < -0.3 is 9.64 Å². The molecular weight excluding hydrogens is 368 g/mol. The SMILES string of the molecule is CCn1c(=O)n(CC2CCN(C(=O)c3cccc(OC)c3)CC2)c2ncccc21. The van der Waals surface area contributed by atoms with Crippen molar-refractivity contribution in [2.24, 2.45) is 5.92 Å². The van der Waals surface area contributed by atoms with Crippen molar-refractivity contribution in [1.29, 1.82) is 0 Å². The van der Waals surface area contributed by atoms with Crippen molar-refractivity contribution in [1.82, 2.24) is 19.0 Å². The average Bonchev–Trinajstić information content (AvgIpc) is 3.04. The van der Waals surface area contributed by atoms with Crippen molar-refractivity contribution in [3.05, 3.63) is 58.6 Å². The molecule has 29 heavy (non-hydrogen) atoms. The van der Waals surface area contributed by atoms with Crippen molar-refractivity contribution in [3.63, 3.8) is 0 Å². The van der Waals surface area contributed by atoms with Gasteiger partial charge in [-0.15, -0.1) is 0 Å². The largest absolute Gasteiger partial charge is 0.497 e. The lowest BCUT2D eigenvalue weighted by Gasteiger charge is -2.32. The first-order chi connectivity index (χ1) is 14.1. The summed E-state index contributed by atoms with van der Waals surface area (Å²) in [6.07, 6.45) is 3.47. The predicted molar refractivity (Wildman–Crippen MR) is 111 cm³/mol. The first kappa shape index (κ1) is 19.2. The van der Waals surface area contributed by atoms with Crippen LogP contribution in [-0.4, -0.2) is 45.1 Å². The van der Waals surface area contributed by atoms with Gasteiger partial charge in [0.2, 0.25) is 0 Å². The Morgan fingerprint density at radius 1 is 1.17 bits per heavy atom. The van der Waals surface area contributed by atoms with Crippen molar-refractivity contribution in [2.45, 2.75) is 32.9 Å². The Bertz CT molecular complexity index is 1080. The highest BCUT2D eigenvalue weighted by Gasteiger charge is 2.25. The van der Waals surface area contributed by atoms with Gasteiger partial charge in [-0.1, -0.05) is 6.07 Å². The maximum absolute atomic E-state index is 12.8. The van der Waals surface area contributed by atoms with Gasteiger partial charge in [-0.25, -0.2) is 9.78 Å². The molecule has 7 heteroatoms. The van der Waals surface area contributed by atoms with Crippen LogP contribution in [0, 0.1) is 5.92 Å². The summed E-state index contributed by atoms with van der Waals surface area (Å²) in [5, 5.41) is 0. The lowest BCUT2D eigenvalue weighted by atomic mass is 9.96. The minimum Gasteiger partial charge on any atom is -0.497 e. The monoisotopic (exact) mass is 394 g/mol. The van der Waals surface area contributed by atoms with Gasteiger partial charge in [0.05, 0.1) is 12.6 Å². The quantitative estimate of drug-likeness (QED) is 0.667. The number of hydrogen-bond acceptors (Lipinski definition) is 4. The van der Waals surface area contributed by atoms with Crippen LogP contribution in [0.3, 0.4) is 0 Å². The van der Waals surface area contributed by atoms with Crippen LogP contribution >= 0.6 is 0 Å². The van der Waals surface area contributed by atoms with Crippen LogP contribution in [0.15, 0.2) is 47.4 Å². The predicted octanol–water partition coefficient (Wildman–Crippen LogP) is 2.78. The maximum atomic E-state index is 12.8. The molecule has 1 fully saturated rings. The van der Waals surface area contributed by atoms with Gasteiger partial charge in [0, 0.05) is 37.9 Å². The summed E-state index contributed by atoms with van der Waals surface area (Å²) in [6.45, 7) is 4.62. The van der Waals surface area contributed by atoms with Gasteiger partial charge in [-0.3, -0.25) is 13.9 Å². The Hall–Kier alpha value is -3.09. The second-order valence-corrected chi connectivity index (χ2v) is 7.45. The van der Waals surface area contributed by atoms with E-state index in [9.17, 15) is 9.59 Å². The lowest BCUT2D eigenvalue weighted by molar-refractivity contribution is 0.0682. The fourth-order valence-corrected chi connectivity index (χ4v) is 4.13. The fraction of sp³-hybridized carbons (Fsp3) is 0.409. The number of carbonyl (C=O) groups excluding carboxylic acids is 1. The molecule has 3 aromatic rings. The zero-order valence-corrected chi connectivity index (χ0v) is 16.9. The zero-order chi connectivity index (χ0) is 20.4. The van der Waals surface area contributed by atoms with Crippen LogP contribution in [0.4, 0.5) is 0 Å². The fourth-order valence-electron chi connectivity index (χ4n) is 4.13. The normalized spacial score (nSPS) is 15.0. The molecule has 3 heterocycles. The van der Waals surface area contributed by atoms with E-state index >= 15 is 0 Å². The number of carbonyl (C=O) groups is 1. The number of likely N-dealkylation sites (tertiary alicyclic amines) is 1. The van der Waals surface area contributed by atoms with Crippen LogP contribution in [-0.2, 0) is 13.1 Å². The number of hydrogen-bond donors (Lipinski definition) is 0. The van der Waals surface area contributed by atoms with Crippen LogP contribution in [0.1, 0.15) is 30.1 Å². The molecule has 4 rings (SSSR count). The molecule has 0 atom stereocenters. The number of fused-ring (bicyclic) bond motifs is 1. The van der Waals surface area contributed by atoms with Crippen LogP contribution in [0.25, 0.3) is 11.2 Å². The Labute approximate surface area is 169 Å². The minimum atomic E-state index is -0.00362. The third kappa shape index (κ3) is 3.64. The van der Waals surface area contributed by atoms with Gasteiger partial charge in [0.15, 0.2) is 5.65 Å². The molecule has 0 spiro atoms. The van der Waals surface area contributed by atoms with E-state index in [-0.39, 0.29) is 11.6 Å². The molecule has 1 aromatic carbocycles. The number of aromatic nitrogens is 3. The molecule has 7 nitrogen and oxygen atoms in total. The van der Waals surface area contributed by atoms with E-state index in [0.29, 0.717) is 43.4 Å². The molecular formula is C22H26N4O3. The highest BCUT2D eigenvalue weighted by molar-refractivity contribution is 5.94. The molecule has 0 bridgehead atoms. The Kier molecular flexibility index (Phi) is 5.38. The molecule has 1 aliphatic heterocycles. The standard InChI is InChI=1S/C22H26N4O3/c1-3-25-19-8-5-11-23-20(19)26(22(25)28)15-16-9-12-24(13-10-16)21(27)17-6-4-7-18(14-17)29-2/h4-8,11,14,16H,3,9-10,12-13,15H2,1-2H3. The number of imidazole rings is 1. The number of nitrogens with zero attached hydrogens (tertiary/aromatic N) is 4. The Morgan fingerprint density at radius 3 is 2.69 bits per heavy atom. The van der Waals surface area contributed by atoms with Crippen molar-refractivity contribution in [3.8, 4) is 5.75 Å². The molecule has 0 aliphatic carbocycles. The van der Waals surface area contributed by atoms with E-state index in [2.05, 4.69) is 4.98 Å². The Morgan fingerprint density at radius 2 is 1.97 bits per heavy atom.